The molecule has 3 aromatic rings. The van der Waals surface area contributed by atoms with Gasteiger partial charge < -0.3 is 9.30 Å². The lowest BCUT2D eigenvalue weighted by Gasteiger charge is -2.33. The van der Waals surface area contributed by atoms with Gasteiger partial charge in [-0.1, -0.05) is 29.8 Å². The van der Waals surface area contributed by atoms with Gasteiger partial charge in [0.2, 0.25) is 0 Å². The van der Waals surface area contributed by atoms with Gasteiger partial charge in [0, 0.05) is 43.5 Å². The molecular weight excluding hydrogens is 376 g/mol. The molecule has 0 fully saturated rings. The average molecular weight is 397 g/mol. The largest absolute Gasteiger partial charge is 0.468 e. The Balaban J connectivity index is 1.60. The fourth-order valence-electron chi connectivity index (χ4n) is 3.60. The molecule has 7 heteroatoms. The third-order valence-corrected chi connectivity index (χ3v) is 5.31. The van der Waals surface area contributed by atoms with Crippen LogP contribution < -0.4 is 0 Å². The normalized spacial score (nSPS) is 16.6. The number of aromatic nitrogens is 3. The van der Waals surface area contributed by atoms with Gasteiger partial charge >= 0.3 is 5.97 Å². The second-order valence-corrected chi connectivity index (χ2v) is 7.34. The predicted molar refractivity (Wildman–Crippen MR) is 106 cm³/mol. The smallest absolute Gasteiger partial charge is 0.323 e. The maximum absolute atomic E-state index is 12.4. The molecule has 0 radical (unpaired) electrons. The molecule has 0 aliphatic carbocycles. The van der Waals surface area contributed by atoms with Crippen molar-refractivity contribution in [3.05, 3.63) is 82.7 Å². The van der Waals surface area contributed by atoms with Gasteiger partial charge in [-0.3, -0.25) is 14.7 Å². The van der Waals surface area contributed by atoms with E-state index in [9.17, 15) is 4.79 Å². The molecule has 1 aliphatic rings. The molecule has 6 nitrogen and oxygen atoms in total. The summed E-state index contributed by atoms with van der Waals surface area (Å²) in [6, 6.07) is 11.4. The summed E-state index contributed by atoms with van der Waals surface area (Å²) in [5, 5.41) is 0.722. The number of carbonyl (C=O) groups is 1. The molecule has 0 bridgehead atoms. The molecule has 144 valence electrons. The van der Waals surface area contributed by atoms with E-state index in [-0.39, 0.29) is 12.0 Å². The molecular formula is C21H21ClN4O2. The van der Waals surface area contributed by atoms with E-state index in [1.165, 1.54) is 7.11 Å². The molecule has 1 aliphatic heterocycles. The second kappa shape index (κ2) is 8.12. The number of carbonyl (C=O) groups excluding carboxylic acids is 1. The number of methoxy groups -OCH3 is 1. The molecule has 2 aromatic heterocycles. The Kier molecular flexibility index (Phi) is 5.41. The van der Waals surface area contributed by atoms with Gasteiger partial charge in [0.25, 0.3) is 0 Å². The molecule has 0 N–H and O–H groups in total. The van der Waals surface area contributed by atoms with Crippen LogP contribution in [-0.4, -0.2) is 38.6 Å². The standard InChI is InChI=1S/C21H21ClN4O2/c1-28-21(27)19-9-18-20(13-25(19)12-16-3-2-8-23-10-16)26(14-24-18)11-15-4-6-17(22)7-5-15/h2-8,10,14,19H,9,11-13H2,1H3. The van der Waals surface area contributed by atoms with E-state index in [0.717, 1.165) is 27.5 Å². The summed E-state index contributed by atoms with van der Waals surface area (Å²) in [5.41, 5.74) is 4.29. The van der Waals surface area contributed by atoms with Gasteiger partial charge in [0.15, 0.2) is 0 Å². The predicted octanol–water partition coefficient (Wildman–Crippen LogP) is 3.08. The highest BCUT2D eigenvalue weighted by Gasteiger charge is 2.34. The Morgan fingerprint density at radius 3 is 2.75 bits per heavy atom. The van der Waals surface area contributed by atoms with Crippen LogP contribution in [0.25, 0.3) is 0 Å². The maximum Gasteiger partial charge on any atom is 0.323 e. The van der Waals surface area contributed by atoms with Crippen LogP contribution in [0.3, 0.4) is 0 Å². The number of halogens is 1. The number of ether oxygens (including phenoxy) is 1. The van der Waals surface area contributed by atoms with Crippen molar-refractivity contribution >= 4 is 17.6 Å². The zero-order valence-electron chi connectivity index (χ0n) is 15.6. The van der Waals surface area contributed by atoms with Crippen LogP contribution >= 0.6 is 11.6 Å². The van der Waals surface area contributed by atoms with E-state index >= 15 is 0 Å². The van der Waals surface area contributed by atoms with Gasteiger partial charge in [-0.25, -0.2) is 4.98 Å². The molecule has 28 heavy (non-hydrogen) atoms. The summed E-state index contributed by atoms with van der Waals surface area (Å²) in [6.45, 7) is 1.96. The lowest BCUT2D eigenvalue weighted by molar-refractivity contribution is -0.148. The van der Waals surface area contributed by atoms with Crippen LogP contribution in [0, 0.1) is 0 Å². The van der Waals surface area contributed by atoms with Crippen LogP contribution in [0.5, 0.6) is 0 Å². The van der Waals surface area contributed by atoms with Gasteiger partial charge in [-0.05, 0) is 29.3 Å². The minimum Gasteiger partial charge on any atom is -0.468 e. The Labute approximate surface area is 168 Å². The van der Waals surface area contributed by atoms with Crippen LogP contribution in [0.15, 0.2) is 55.1 Å². The monoisotopic (exact) mass is 396 g/mol. The number of pyridine rings is 1. The Morgan fingerprint density at radius 1 is 1.21 bits per heavy atom. The van der Waals surface area contributed by atoms with Crippen molar-refractivity contribution in [2.75, 3.05) is 7.11 Å². The molecule has 1 aromatic carbocycles. The minimum atomic E-state index is -0.350. The van der Waals surface area contributed by atoms with E-state index in [2.05, 4.69) is 19.4 Å². The first-order valence-corrected chi connectivity index (χ1v) is 9.50. The zero-order chi connectivity index (χ0) is 19.5. The fourth-order valence-corrected chi connectivity index (χ4v) is 3.73. The summed E-state index contributed by atoms with van der Waals surface area (Å²) in [7, 11) is 1.43. The van der Waals surface area contributed by atoms with Crippen LogP contribution in [0.1, 0.15) is 22.5 Å². The quantitative estimate of drug-likeness (QED) is 0.620. The summed E-state index contributed by atoms with van der Waals surface area (Å²) in [6.07, 6.45) is 5.96. The van der Waals surface area contributed by atoms with Crippen molar-refractivity contribution in [3.63, 3.8) is 0 Å². The average Bonchev–Trinajstić information content (AvgIpc) is 3.11. The van der Waals surface area contributed by atoms with E-state index in [0.29, 0.717) is 26.1 Å². The fraction of sp³-hybridized carbons (Fsp3) is 0.286. The zero-order valence-corrected chi connectivity index (χ0v) is 16.3. The van der Waals surface area contributed by atoms with Crippen LogP contribution in [-0.2, 0) is 35.6 Å². The number of esters is 1. The summed E-state index contributed by atoms with van der Waals surface area (Å²) >= 11 is 5.99. The SMILES string of the molecule is COC(=O)C1Cc2ncn(Cc3ccc(Cl)cc3)c2CN1Cc1cccnc1. The lowest BCUT2D eigenvalue weighted by Crippen LogP contribution is -2.46. The number of nitrogens with zero attached hydrogens (tertiary/aromatic N) is 4. The van der Waals surface area contributed by atoms with Gasteiger partial charge in [0.1, 0.15) is 6.04 Å². The van der Waals surface area contributed by atoms with Gasteiger partial charge in [-0.15, -0.1) is 0 Å². The highest BCUT2D eigenvalue weighted by atomic mass is 35.5. The number of imidazole rings is 1. The van der Waals surface area contributed by atoms with Crippen molar-refractivity contribution in [1.82, 2.24) is 19.4 Å². The third kappa shape index (κ3) is 3.93. The second-order valence-electron chi connectivity index (χ2n) is 6.90. The number of rotatable bonds is 5. The highest BCUT2D eigenvalue weighted by Crippen LogP contribution is 2.26. The summed E-state index contributed by atoms with van der Waals surface area (Å²) in [5.74, 6) is -0.234. The molecule has 0 amide bonds. The Bertz CT molecular complexity index is 956. The van der Waals surface area contributed by atoms with Crippen LogP contribution in [0.2, 0.25) is 5.02 Å². The van der Waals surface area contributed by atoms with Crippen molar-refractivity contribution in [3.8, 4) is 0 Å². The summed E-state index contributed by atoms with van der Waals surface area (Å²) in [4.78, 5) is 23.3. The number of hydrogen-bond acceptors (Lipinski definition) is 5. The van der Waals surface area contributed by atoms with E-state index in [1.807, 2.05) is 48.9 Å². The Morgan fingerprint density at radius 2 is 2.04 bits per heavy atom. The molecule has 0 saturated heterocycles. The van der Waals surface area contributed by atoms with Crippen molar-refractivity contribution in [2.24, 2.45) is 0 Å². The van der Waals surface area contributed by atoms with E-state index in [1.54, 1.807) is 6.20 Å². The number of benzene rings is 1. The topological polar surface area (TPSA) is 60.2 Å². The van der Waals surface area contributed by atoms with Gasteiger partial charge in [-0.2, -0.15) is 0 Å². The van der Waals surface area contributed by atoms with Crippen molar-refractivity contribution in [1.29, 1.82) is 0 Å². The lowest BCUT2D eigenvalue weighted by atomic mass is 10.0. The third-order valence-electron chi connectivity index (χ3n) is 5.06. The number of hydrogen-bond donors (Lipinski definition) is 0. The molecule has 0 spiro atoms. The molecule has 0 saturated carbocycles. The number of fused-ring (bicyclic) bond motifs is 1. The van der Waals surface area contributed by atoms with E-state index in [4.69, 9.17) is 16.3 Å². The first-order valence-electron chi connectivity index (χ1n) is 9.12. The van der Waals surface area contributed by atoms with Gasteiger partial charge in [0.05, 0.1) is 24.8 Å². The first-order chi connectivity index (χ1) is 13.6. The maximum atomic E-state index is 12.4. The molecule has 1 unspecified atom stereocenters. The molecule has 1 atom stereocenters. The Hall–Kier alpha value is -2.70. The molecule has 4 rings (SSSR count). The van der Waals surface area contributed by atoms with Crippen molar-refractivity contribution in [2.45, 2.75) is 32.1 Å². The minimum absolute atomic E-state index is 0.234. The first kappa shape index (κ1) is 18.7. The summed E-state index contributed by atoms with van der Waals surface area (Å²) < 4.78 is 7.18. The highest BCUT2D eigenvalue weighted by molar-refractivity contribution is 6.30. The van der Waals surface area contributed by atoms with E-state index < -0.39 is 0 Å². The van der Waals surface area contributed by atoms with Crippen LogP contribution in [0.4, 0.5) is 0 Å². The molecule has 3 heterocycles. The van der Waals surface area contributed by atoms with Crippen molar-refractivity contribution < 1.29 is 9.53 Å².